The van der Waals surface area contributed by atoms with Crippen molar-refractivity contribution in [1.82, 2.24) is 10.2 Å². The Balaban J connectivity index is 2.52. The van der Waals surface area contributed by atoms with Crippen LogP contribution in [0.1, 0.15) is 19.3 Å². The molecule has 72 valence electrons. The van der Waals surface area contributed by atoms with Gasteiger partial charge in [-0.3, -0.25) is 0 Å². The number of aliphatic hydroxyl groups is 1. The summed E-state index contributed by atoms with van der Waals surface area (Å²) in [6.45, 7) is 0.258. The highest BCUT2D eigenvalue weighted by Crippen LogP contribution is 2.31. The van der Waals surface area contributed by atoms with E-state index in [4.69, 9.17) is 0 Å². The minimum Gasteiger partial charge on any atom is -0.394 e. The number of aliphatic hydroxyl groups excluding tert-OH is 1. The summed E-state index contributed by atoms with van der Waals surface area (Å²) in [5, 5.41) is 12.5. The minimum atomic E-state index is -0.00502. The summed E-state index contributed by atoms with van der Waals surface area (Å²) in [5.74, 6) is 0. The molecule has 0 aromatic heterocycles. The number of hydrogen-bond donors (Lipinski definition) is 2. The van der Waals surface area contributed by atoms with Gasteiger partial charge in [0.25, 0.3) is 0 Å². The Morgan fingerprint density at radius 2 is 2.25 bits per heavy atom. The summed E-state index contributed by atoms with van der Waals surface area (Å²) in [4.78, 5) is 2.24. The van der Waals surface area contributed by atoms with Gasteiger partial charge in [0.2, 0.25) is 0 Å². The van der Waals surface area contributed by atoms with Gasteiger partial charge in [-0.15, -0.1) is 0 Å². The van der Waals surface area contributed by atoms with Crippen LogP contribution in [-0.2, 0) is 0 Å². The van der Waals surface area contributed by atoms with Gasteiger partial charge in [-0.05, 0) is 40.4 Å². The van der Waals surface area contributed by atoms with Crippen molar-refractivity contribution in [2.24, 2.45) is 0 Å². The van der Waals surface area contributed by atoms with E-state index in [1.54, 1.807) is 0 Å². The molecule has 2 N–H and O–H groups in total. The summed E-state index contributed by atoms with van der Waals surface area (Å²) in [6.07, 6.45) is 3.34. The second kappa shape index (κ2) is 3.73. The first kappa shape index (κ1) is 9.96. The predicted molar refractivity (Wildman–Crippen MR) is 50.2 cm³/mol. The molecule has 2 unspecified atom stereocenters. The molecule has 0 aromatic carbocycles. The second-order valence-corrected chi connectivity index (χ2v) is 4.05. The van der Waals surface area contributed by atoms with E-state index in [0.29, 0.717) is 6.04 Å². The summed E-state index contributed by atoms with van der Waals surface area (Å²) >= 11 is 0. The summed E-state index contributed by atoms with van der Waals surface area (Å²) in [7, 11) is 6.15. The van der Waals surface area contributed by atoms with Crippen LogP contribution in [0, 0.1) is 0 Å². The Labute approximate surface area is 74.8 Å². The van der Waals surface area contributed by atoms with Crippen LogP contribution in [0.3, 0.4) is 0 Å². The molecule has 0 bridgehead atoms. The van der Waals surface area contributed by atoms with Gasteiger partial charge >= 0.3 is 0 Å². The Hall–Kier alpha value is -0.120. The largest absolute Gasteiger partial charge is 0.394 e. The third kappa shape index (κ3) is 1.79. The molecule has 3 heteroatoms. The molecule has 0 radical (unpaired) electrons. The maximum Gasteiger partial charge on any atom is 0.0613 e. The van der Waals surface area contributed by atoms with Gasteiger partial charge < -0.3 is 15.3 Å². The van der Waals surface area contributed by atoms with Gasteiger partial charge in [-0.2, -0.15) is 0 Å². The van der Waals surface area contributed by atoms with Crippen LogP contribution in [0.25, 0.3) is 0 Å². The van der Waals surface area contributed by atoms with Gasteiger partial charge in [0, 0.05) is 11.6 Å². The minimum absolute atomic E-state index is 0.00502. The lowest BCUT2D eigenvalue weighted by Crippen LogP contribution is -2.45. The topological polar surface area (TPSA) is 35.5 Å². The van der Waals surface area contributed by atoms with Gasteiger partial charge in [0.15, 0.2) is 0 Å². The Kier molecular flexibility index (Phi) is 3.09. The van der Waals surface area contributed by atoms with E-state index < -0.39 is 0 Å². The molecule has 2 atom stereocenters. The second-order valence-electron chi connectivity index (χ2n) is 4.05. The van der Waals surface area contributed by atoms with Gasteiger partial charge in [0.1, 0.15) is 0 Å². The molecule has 1 aliphatic carbocycles. The number of likely N-dealkylation sites (N-methyl/N-ethyl adjacent to an activating group) is 1. The van der Waals surface area contributed by atoms with Crippen molar-refractivity contribution in [2.45, 2.75) is 30.8 Å². The lowest BCUT2D eigenvalue weighted by Gasteiger charge is -2.27. The summed E-state index contributed by atoms with van der Waals surface area (Å²) < 4.78 is 0. The molecular formula is C9H20N2O. The quantitative estimate of drug-likeness (QED) is 0.631. The summed E-state index contributed by atoms with van der Waals surface area (Å²) in [6, 6.07) is 0.629. The fourth-order valence-electron chi connectivity index (χ4n) is 1.99. The van der Waals surface area contributed by atoms with Crippen molar-refractivity contribution in [3.8, 4) is 0 Å². The first-order chi connectivity index (χ1) is 5.63. The zero-order valence-corrected chi connectivity index (χ0v) is 8.30. The van der Waals surface area contributed by atoms with Gasteiger partial charge in [0.05, 0.1) is 6.61 Å². The predicted octanol–water partition coefficient (Wildman–Crippen LogP) is 0.0510. The van der Waals surface area contributed by atoms with E-state index >= 15 is 0 Å². The maximum absolute atomic E-state index is 9.24. The van der Waals surface area contributed by atoms with E-state index in [0.717, 1.165) is 12.8 Å². The molecular weight excluding hydrogens is 152 g/mol. The van der Waals surface area contributed by atoms with Crippen molar-refractivity contribution in [3.05, 3.63) is 0 Å². The first-order valence-electron chi connectivity index (χ1n) is 4.60. The third-order valence-corrected chi connectivity index (χ3v) is 3.15. The van der Waals surface area contributed by atoms with E-state index in [1.807, 2.05) is 7.05 Å². The number of nitrogens with zero attached hydrogens (tertiary/aromatic N) is 1. The SMILES string of the molecule is CNC1(CO)CCC(N(C)C)C1. The molecule has 3 nitrogen and oxygen atoms in total. The average Bonchev–Trinajstić information content (AvgIpc) is 2.49. The number of rotatable bonds is 3. The molecule has 0 amide bonds. The normalized spacial score (nSPS) is 36.2. The first-order valence-corrected chi connectivity index (χ1v) is 4.60. The molecule has 1 rings (SSSR count). The van der Waals surface area contributed by atoms with Crippen LogP contribution in [0.15, 0.2) is 0 Å². The summed E-state index contributed by atoms with van der Waals surface area (Å²) in [5.41, 5.74) is -0.00502. The molecule has 12 heavy (non-hydrogen) atoms. The Morgan fingerprint density at radius 3 is 2.50 bits per heavy atom. The van der Waals surface area contributed by atoms with Crippen LogP contribution in [-0.4, -0.2) is 49.3 Å². The molecule has 0 aliphatic heterocycles. The molecule has 0 aromatic rings. The fourth-order valence-corrected chi connectivity index (χ4v) is 1.99. The number of nitrogens with one attached hydrogen (secondary N) is 1. The van der Waals surface area contributed by atoms with Crippen molar-refractivity contribution in [3.63, 3.8) is 0 Å². The van der Waals surface area contributed by atoms with Crippen molar-refractivity contribution >= 4 is 0 Å². The highest BCUT2D eigenvalue weighted by atomic mass is 16.3. The Bertz CT molecular complexity index is 143. The third-order valence-electron chi connectivity index (χ3n) is 3.15. The van der Waals surface area contributed by atoms with E-state index in [2.05, 4.69) is 24.3 Å². The van der Waals surface area contributed by atoms with Gasteiger partial charge in [-0.1, -0.05) is 0 Å². The monoisotopic (exact) mass is 172 g/mol. The lowest BCUT2D eigenvalue weighted by molar-refractivity contribution is 0.162. The Morgan fingerprint density at radius 1 is 1.58 bits per heavy atom. The highest BCUT2D eigenvalue weighted by Gasteiger charge is 2.37. The molecule has 1 fully saturated rings. The molecule has 0 heterocycles. The van der Waals surface area contributed by atoms with Crippen LogP contribution >= 0.6 is 0 Å². The van der Waals surface area contributed by atoms with Crippen molar-refractivity contribution in [1.29, 1.82) is 0 Å². The van der Waals surface area contributed by atoms with E-state index in [-0.39, 0.29) is 12.1 Å². The van der Waals surface area contributed by atoms with Crippen LogP contribution in [0.2, 0.25) is 0 Å². The van der Waals surface area contributed by atoms with Crippen molar-refractivity contribution in [2.75, 3.05) is 27.7 Å². The zero-order chi connectivity index (χ0) is 9.19. The van der Waals surface area contributed by atoms with Crippen molar-refractivity contribution < 1.29 is 5.11 Å². The zero-order valence-electron chi connectivity index (χ0n) is 8.30. The highest BCUT2D eigenvalue weighted by molar-refractivity contribution is 4.97. The smallest absolute Gasteiger partial charge is 0.0613 e. The van der Waals surface area contributed by atoms with E-state index in [9.17, 15) is 5.11 Å². The molecule has 1 aliphatic rings. The van der Waals surface area contributed by atoms with Crippen LogP contribution in [0.5, 0.6) is 0 Å². The lowest BCUT2D eigenvalue weighted by atomic mass is 9.99. The maximum atomic E-state index is 9.24. The van der Waals surface area contributed by atoms with Crippen LogP contribution in [0.4, 0.5) is 0 Å². The van der Waals surface area contributed by atoms with Crippen LogP contribution < -0.4 is 5.32 Å². The number of hydrogen-bond acceptors (Lipinski definition) is 3. The standard InChI is InChI=1S/C9H20N2O/c1-10-9(7-12)5-4-8(6-9)11(2)3/h8,10,12H,4-7H2,1-3H3. The fraction of sp³-hybridized carbons (Fsp3) is 1.00. The average molecular weight is 172 g/mol. The van der Waals surface area contributed by atoms with E-state index in [1.165, 1.54) is 6.42 Å². The molecule has 1 saturated carbocycles. The van der Waals surface area contributed by atoms with Gasteiger partial charge in [-0.25, -0.2) is 0 Å². The molecule has 0 saturated heterocycles. The molecule has 0 spiro atoms.